The molecule has 0 fully saturated rings. The van der Waals surface area contributed by atoms with Crippen LogP contribution in [0.5, 0.6) is 0 Å². The molecule has 0 amide bonds. The summed E-state index contributed by atoms with van der Waals surface area (Å²) in [6.07, 6.45) is 1.48. The molecule has 3 nitrogen and oxygen atoms in total. The van der Waals surface area contributed by atoms with E-state index in [0.29, 0.717) is 0 Å². The zero-order chi connectivity index (χ0) is 10.7. The molecule has 3 heteroatoms. The van der Waals surface area contributed by atoms with Crippen LogP contribution in [0.4, 0.5) is 5.69 Å². The van der Waals surface area contributed by atoms with Crippen molar-refractivity contribution in [3.05, 3.63) is 28.8 Å². The van der Waals surface area contributed by atoms with E-state index >= 15 is 0 Å². The van der Waals surface area contributed by atoms with Crippen molar-refractivity contribution in [1.29, 1.82) is 0 Å². The first-order chi connectivity index (χ1) is 6.56. The van der Waals surface area contributed by atoms with Gasteiger partial charge in [-0.15, -0.1) is 0 Å². The highest BCUT2D eigenvalue weighted by molar-refractivity contribution is 5.84. The summed E-state index contributed by atoms with van der Waals surface area (Å²) in [5.74, 6) is 0. The summed E-state index contributed by atoms with van der Waals surface area (Å²) in [6, 6.07) is 4.15. The molecular formula is C11H16N2O. The number of hydrogen-bond acceptors (Lipinski definition) is 3. The van der Waals surface area contributed by atoms with Crippen LogP contribution in [0.1, 0.15) is 16.7 Å². The number of oxime groups is 1. The van der Waals surface area contributed by atoms with Gasteiger partial charge in [0.1, 0.15) is 0 Å². The van der Waals surface area contributed by atoms with Crippen molar-refractivity contribution in [3.63, 3.8) is 0 Å². The monoisotopic (exact) mass is 192 g/mol. The van der Waals surface area contributed by atoms with Crippen molar-refractivity contribution in [3.8, 4) is 0 Å². The minimum atomic E-state index is 0.984. The van der Waals surface area contributed by atoms with Crippen LogP contribution in [-0.4, -0.2) is 25.5 Å². The van der Waals surface area contributed by atoms with Gasteiger partial charge in [-0.1, -0.05) is 5.16 Å². The Hall–Kier alpha value is -1.51. The smallest absolute Gasteiger partial charge is 0.0739 e. The first-order valence-corrected chi connectivity index (χ1v) is 4.52. The molecule has 0 spiro atoms. The highest BCUT2D eigenvalue weighted by atomic mass is 16.4. The van der Waals surface area contributed by atoms with E-state index in [4.69, 9.17) is 5.21 Å². The SMILES string of the molecule is Cc1cc(N(C)C)cc(C)c1/C=N/O. The predicted octanol–water partition coefficient (Wildman–Crippen LogP) is 2.18. The van der Waals surface area contributed by atoms with Crippen molar-refractivity contribution in [2.45, 2.75) is 13.8 Å². The summed E-state index contributed by atoms with van der Waals surface area (Å²) < 4.78 is 0. The van der Waals surface area contributed by atoms with Crippen LogP contribution in [0, 0.1) is 13.8 Å². The largest absolute Gasteiger partial charge is 0.411 e. The van der Waals surface area contributed by atoms with Crippen LogP contribution < -0.4 is 4.90 Å². The first-order valence-electron chi connectivity index (χ1n) is 4.52. The van der Waals surface area contributed by atoms with Gasteiger partial charge in [-0.3, -0.25) is 0 Å². The van der Waals surface area contributed by atoms with E-state index in [1.165, 1.54) is 6.21 Å². The number of nitrogens with zero attached hydrogens (tertiary/aromatic N) is 2. The Kier molecular flexibility index (Phi) is 3.12. The second-order valence-corrected chi connectivity index (χ2v) is 3.63. The van der Waals surface area contributed by atoms with Crippen molar-refractivity contribution in [2.24, 2.45) is 5.16 Å². The third-order valence-corrected chi connectivity index (χ3v) is 2.28. The fraction of sp³-hybridized carbons (Fsp3) is 0.364. The van der Waals surface area contributed by atoms with Crippen molar-refractivity contribution in [2.75, 3.05) is 19.0 Å². The predicted molar refractivity (Wildman–Crippen MR) is 59.6 cm³/mol. The van der Waals surface area contributed by atoms with Gasteiger partial charge >= 0.3 is 0 Å². The first kappa shape index (κ1) is 10.6. The molecule has 0 bridgehead atoms. The molecule has 1 rings (SSSR count). The molecule has 0 aliphatic rings. The normalized spacial score (nSPS) is 10.9. The Balaban J connectivity index is 3.25. The lowest BCUT2D eigenvalue weighted by Crippen LogP contribution is -2.09. The molecule has 0 atom stereocenters. The van der Waals surface area contributed by atoms with Gasteiger partial charge in [0.2, 0.25) is 0 Å². The second-order valence-electron chi connectivity index (χ2n) is 3.63. The van der Waals surface area contributed by atoms with E-state index in [0.717, 1.165) is 22.4 Å². The Morgan fingerprint density at radius 3 is 2.07 bits per heavy atom. The highest BCUT2D eigenvalue weighted by Crippen LogP contribution is 2.20. The molecular weight excluding hydrogens is 176 g/mol. The van der Waals surface area contributed by atoms with E-state index in [1.54, 1.807) is 0 Å². The van der Waals surface area contributed by atoms with Gasteiger partial charge in [-0.2, -0.15) is 0 Å². The van der Waals surface area contributed by atoms with Gasteiger partial charge in [-0.05, 0) is 37.1 Å². The number of benzene rings is 1. The zero-order valence-electron chi connectivity index (χ0n) is 9.07. The molecule has 1 aromatic carbocycles. The van der Waals surface area contributed by atoms with Crippen molar-refractivity contribution < 1.29 is 5.21 Å². The summed E-state index contributed by atoms with van der Waals surface area (Å²) in [4.78, 5) is 2.06. The van der Waals surface area contributed by atoms with E-state index < -0.39 is 0 Å². The molecule has 0 aliphatic carbocycles. The zero-order valence-corrected chi connectivity index (χ0v) is 9.07. The molecule has 0 radical (unpaired) electrons. The maximum Gasteiger partial charge on any atom is 0.0739 e. The average molecular weight is 192 g/mol. The number of hydrogen-bond donors (Lipinski definition) is 1. The molecule has 14 heavy (non-hydrogen) atoms. The van der Waals surface area contributed by atoms with Gasteiger partial charge in [0.15, 0.2) is 0 Å². The summed E-state index contributed by atoms with van der Waals surface area (Å²) in [7, 11) is 4.02. The summed E-state index contributed by atoms with van der Waals surface area (Å²) >= 11 is 0. The lowest BCUT2D eigenvalue weighted by Gasteiger charge is -2.15. The third kappa shape index (κ3) is 2.05. The fourth-order valence-electron chi connectivity index (χ4n) is 1.47. The number of rotatable bonds is 2. The number of anilines is 1. The van der Waals surface area contributed by atoms with Gasteiger partial charge < -0.3 is 10.1 Å². The van der Waals surface area contributed by atoms with Gasteiger partial charge in [0.25, 0.3) is 0 Å². The summed E-state index contributed by atoms with van der Waals surface area (Å²) in [6.45, 7) is 4.02. The summed E-state index contributed by atoms with van der Waals surface area (Å²) in [5.41, 5.74) is 4.38. The Morgan fingerprint density at radius 2 is 1.71 bits per heavy atom. The van der Waals surface area contributed by atoms with E-state index in [-0.39, 0.29) is 0 Å². The standard InChI is InChI=1S/C11H16N2O/c1-8-5-10(13(3)4)6-9(2)11(8)7-12-14/h5-7,14H,1-4H3/b12-7+. The quantitative estimate of drug-likeness (QED) is 0.443. The van der Waals surface area contributed by atoms with Crippen LogP contribution in [0.25, 0.3) is 0 Å². The molecule has 1 aromatic rings. The van der Waals surface area contributed by atoms with E-state index in [9.17, 15) is 0 Å². The molecule has 0 saturated heterocycles. The van der Waals surface area contributed by atoms with E-state index in [1.807, 2.05) is 27.9 Å². The van der Waals surface area contributed by atoms with Gasteiger partial charge in [0.05, 0.1) is 6.21 Å². The van der Waals surface area contributed by atoms with Gasteiger partial charge in [0, 0.05) is 25.3 Å². The summed E-state index contributed by atoms with van der Waals surface area (Å²) in [5, 5.41) is 11.6. The lowest BCUT2D eigenvalue weighted by molar-refractivity contribution is 0.322. The Bertz CT molecular complexity index is 333. The molecule has 76 valence electrons. The molecule has 1 N–H and O–H groups in total. The number of aryl methyl sites for hydroxylation is 2. The molecule has 0 unspecified atom stereocenters. The maximum atomic E-state index is 8.51. The van der Waals surface area contributed by atoms with Crippen LogP contribution in [0.2, 0.25) is 0 Å². The van der Waals surface area contributed by atoms with E-state index in [2.05, 4.69) is 22.2 Å². The molecule has 0 aromatic heterocycles. The minimum Gasteiger partial charge on any atom is -0.411 e. The Labute approximate surface area is 84.7 Å². The van der Waals surface area contributed by atoms with Crippen LogP contribution in [0.15, 0.2) is 17.3 Å². The Morgan fingerprint density at radius 1 is 1.21 bits per heavy atom. The lowest BCUT2D eigenvalue weighted by atomic mass is 10.0. The van der Waals surface area contributed by atoms with Gasteiger partial charge in [-0.25, -0.2) is 0 Å². The molecule has 0 aliphatic heterocycles. The second kappa shape index (κ2) is 4.13. The van der Waals surface area contributed by atoms with Crippen LogP contribution in [0.3, 0.4) is 0 Å². The average Bonchev–Trinajstić information content (AvgIpc) is 2.10. The third-order valence-electron chi connectivity index (χ3n) is 2.28. The maximum absolute atomic E-state index is 8.51. The highest BCUT2D eigenvalue weighted by Gasteiger charge is 2.04. The fourth-order valence-corrected chi connectivity index (χ4v) is 1.47. The van der Waals surface area contributed by atoms with Crippen LogP contribution in [-0.2, 0) is 0 Å². The molecule has 0 heterocycles. The topological polar surface area (TPSA) is 35.8 Å². The minimum absolute atomic E-state index is 0.984. The van der Waals surface area contributed by atoms with Crippen molar-refractivity contribution in [1.82, 2.24) is 0 Å². The molecule has 0 saturated carbocycles. The van der Waals surface area contributed by atoms with Crippen molar-refractivity contribution >= 4 is 11.9 Å². The van der Waals surface area contributed by atoms with Crippen LogP contribution >= 0.6 is 0 Å².